The second kappa shape index (κ2) is 5.16. The molecule has 0 N–H and O–H groups in total. The van der Waals surface area contributed by atoms with Gasteiger partial charge in [-0.05, 0) is 30.3 Å². The lowest BCUT2D eigenvalue weighted by Gasteiger charge is -1.99. The van der Waals surface area contributed by atoms with Crippen LogP contribution in [0.15, 0.2) is 47.3 Å². The first-order valence-corrected chi connectivity index (χ1v) is 7.31. The Labute approximate surface area is 140 Å². The van der Waals surface area contributed by atoms with Crippen LogP contribution in [0.3, 0.4) is 0 Å². The summed E-state index contributed by atoms with van der Waals surface area (Å²) in [5, 5.41) is 29.0. The Bertz CT molecular complexity index is 1430. The Balaban J connectivity index is 2.47. The van der Waals surface area contributed by atoms with Crippen LogP contribution in [0.5, 0.6) is 0 Å². The molecule has 2 heterocycles. The molecule has 0 amide bonds. The summed E-state index contributed by atoms with van der Waals surface area (Å²) in [5.41, 5.74) is 1.18. The van der Waals surface area contributed by atoms with E-state index < -0.39 is 0 Å². The number of nitriles is 3. The third kappa shape index (κ3) is 1.88. The second-order valence-electron chi connectivity index (χ2n) is 5.41. The van der Waals surface area contributed by atoms with Gasteiger partial charge in [-0.3, -0.25) is 9.20 Å². The summed E-state index contributed by atoms with van der Waals surface area (Å²) in [6.45, 7) is 0. The molecule has 0 aliphatic heterocycles. The number of aromatic nitrogens is 2. The van der Waals surface area contributed by atoms with E-state index in [2.05, 4.69) is 4.98 Å². The van der Waals surface area contributed by atoms with Crippen molar-refractivity contribution >= 4 is 33.0 Å². The normalized spacial score (nSPS) is 10.4. The zero-order valence-corrected chi connectivity index (χ0v) is 12.7. The fraction of sp³-hybridized carbons (Fsp3) is 0. The molecule has 0 saturated carbocycles. The van der Waals surface area contributed by atoms with E-state index >= 15 is 0 Å². The molecule has 25 heavy (non-hydrogen) atoms. The first-order valence-electron chi connectivity index (χ1n) is 7.31. The van der Waals surface area contributed by atoms with Gasteiger partial charge in [0.15, 0.2) is 5.65 Å². The highest BCUT2D eigenvalue weighted by Gasteiger charge is 2.16. The van der Waals surface area contributed by atoms with Crippen LogP contribution in [0.4, 0.5) is 0 Å². The zero-order valence-electron chi connectivity index (χ0n) is 12.7. The molecule has 0 radical (unpaired) electrons. The summed E-state index contributed by atoms with van der Waals surface area (Å²) in [4.78, 5) is 17.5. The molecule has 0 atom stereocenters. The molecule has 6 nitrogen and oxygen atoms in total. The van der Waals surface area contributed by atoms with Crippen LogP contribution >= 0.6 is 0 Å². The largest absolute Gasteiger partial charge is 0.268 e. The molecule has 0 fully saturated rings. The lowest BCUT2D eigenvalue weighted by molar-refractivity contribution is 1.14. The average Bonchev–Trinajstić information content (AvgIpc) is 2.97. The van der Waals surface area contributed by atoms with Crippen molar-refractivity contribution in [2.45, 2.75) is 0 Å². The number of fused-ring (bicyclic) bond motifs is 4. The quantitative estimate of drug-likeness (QED) is 0.491. The van der Waals surface area contributed by atoms with Crippen LogP contribution in [0.1, 0.15) is 5.56 Å². The van der Waals surface area contributed by atoms with E-state index in [0.717, 1.165) is 0 Å². The summed E-state index contributed by atoms with van der Waals surface area (Å²) in [6.07, 6.45) is 0. The highest BCUT2D eigenvalue weighted by molar-refractivity contribution is 5.95. The molecular formula is C19H7N5O. The van der Waals surface area contributed by atoms with Gasteiger partial charge in [0.05, 0.1) is 33.3 Å². The Hall–Kier alpha value is -4.21. The molecule has 4 aromatic rings. The van der Waals surface area contributed by atoms with E-state index in [0.29, 0.717) is 27.4 Å². The third-order valence-corrected chi connectivity index (χ3v) is 4.11. The van der Waals surface area contributed by atoms with Crippen molar-refractivity contribution in [1.82, 2.24) is 9.38 Å². The molecule has 4 rings (SSSR count). The van der Waals surface area contributed by atoms with E-state index in [1.807, 2.05) is 18.2 Å². The number of hydrogen-bond donors (Lipinski definition) is 0. The molecule has 2 aromatic carbocycles. The summed E-state index contributed by atoms with van der Waals surface area (Å²) >= 11 is 0. The first kappa shape index (κ1) is 14.4. The summed E-state index contributed by atoms with van der Waals surface area (Å²) < 4.78 is 1.39. The number of para-hydroxylation sites is 1. The summed E-state index contributed by atoms with van der Waals surface area (Å²) in [6, 6.07) is 17.4. The predicted molar refractivity (Wildman–Crippen MR) is 91.0 cm³/mol. The predicted octanol–water partition coefficient (Wildman–Crippen LogP) is 1.79. The van der Waals surface area contributed by atoms with Crippen molar-refractivity contribution in [1.29, 1.82) is 15.8 Å². The Kier molecular flexibility index (Phi) is 2.97. The Morgan fingerprint density at radius 1 is 1.00 bits per heavy atom. The summed E-state index contributed by atoms with van der Waals surface area (Å²) in [7, 11) is 0. The lowest BCUT2D eigenvalue weighted by Crippen LogP contribution is -2.16. The van der Waals surface area contributed by atoms with Gasteiger partial charge in [0.2, 0.25) is 0 Å². The minimum atomic E-state index is -0.281. The van der Waals surface area contributed by atoms with Gasteiger partial charge in [0.25, 0.3) is 5.56 Å². The number of nitrogens with zero attached hydrogens (tertiary/aromatic N) is 5. The molecule has 0 saturated heterocycles. The smallest absolute Gasteiger partial charge is 0.266 e. The van der Waals surface area contributed by atoms with Crippen molar-refractivity contribution in [2.24, 2.45) is 0 Å². The first-order chi connectivity index (χ1) is 12.2. The Morgan fingerprint density at radius 2 is 1.76 bits per heavy atom. The van der Waals surface area contributed by atoms with Gasteiger partial charge in [0.1, 0.15) is 17.7 Å². The summed E-state index contributed by atoms with van der Waals surface area (Å²) in [5.74, 6) is 0. The molecular weight excluding hydrogens is 314 g/mol. The molecule has 0 bridgehead atoms. The molecule has 114 valence electrons. The fourth-order valence-corrected chi connectivity index (χ4v) is 3.03. The van der Waals surface area contributed by atoms with Gasteiger partial charge >= 0.3 is 0 Å². The minimum absolute atomic E-state index is 0.148. The second-order valence-corrected chi connectivity index (χ2v) is 5.41. The van der Waals surface area contributed by atoms with Crippen molar-refractivity contribution in [3.63, 3.8) is 0 Å². The lowest BCUT2D eigenvalue weighted by atomic mass is 10.1. The maximum absolute atomic E-state index is 13.0. The monoisotopic (exact) mass is 321 g/mol. The minimum Gasteiger partial charge on any atom is -0.268 e. The third-order valence-electron chi connectivity index (χ3n) is 4.11. The van der Waals surface area contributed by atoms with Gasteiger partial charge in [-0.25, -0.2) is 4.98 Å². The standard InChI is InChI=1S/C19H7N5O/c20-8-11-5-6-16-14(7-11)17(12(9-21)10-22)18-23-15-4-2-1-3-13(15)19(25)24(16)18/h1-7H. The van der Waals surface area contributed by atoms with E-state index in [4.69, 9.17) is 5.26 Å². The maximum Gasteiger partial charge on any atom is 0.266 e. The van der Waals surface area contributed by atoms with Gasteiger partial charge in [-0.2, -0.15) is 15.8 Å². The van der Waals surface area contributed by atoms with Crippen LogP contribution < -0.4 is 10.8 Å². The van der Waals surface area contributed by atoms with Crippen LogP contribution in [-0.2, 0) is 0 Å². The Morgan fingerprint density at radius 3 is 2.48 bits per heavy atom. The SMILES string of the molecule is N#CC(C#N)=c1c2cc(C#N)ccc2n2c(=O)c3ccccc3nc12. The highest BCUT2D eigenvalue weighted by atomic mass is 16.1. The molecule has 0 unspecified atom stereocenters. The highest BCUT2D eigenvalue weighted by Crippen LogP contribution is 2.18. The number of hydrogen-bond acceptors (Lipinski definition) is 5. The average molecular weight is 321 g/mol. The molecule has 0 spiro atoms. The van der Waals surface area contributed by atoms with Gasteiger partial charge < -0.3 is 0 Å². The van der Waals surface area contributed by atoms with Gasteiger partial charge in [-0.15, -0.1) is 0 Å². The van der Waals surface area contributed by atoms with Gasteiger partial charge in [0, 0.05) is 5.39 Å². The van der Waals surface area contributed by atoms with E-state index in [9.17, 15) is 15.3 Å². The van der Waals surface area contributed by atoms with E-state index in [1.54, 1.807) is 42.5 Å². The zero-order chi connectivity index (χ0) is 17.6. The van der Waals surface area contributed by atoms with Crippen molar-refractivity contribution in [2.75, 3.05) is 0 Å². The van der Waals surface area contributed by atoms with Crippen LogP contribution in [0.25, 0.3) is 33.0 Å². The molecule has 2 aromatic heterocycles. The van der Waals surface area contributed by atoms with Crippen molar-refractivity contribution < 1.29 is 0 Å². The molecule has 0 aliphatic rings. The topological polar surface area (TPSA) is 106 Å². The van der Waals surface area contributed by atoms with Gasteiger partial charge in [-0.1, -0.05) is 12.1 Å². The van der Waals surface area contributed by atoms with E-state index in [1.165, 1.54) is 4.40 Å². The molecule has 0 aliphatic carbocycles. The van der Waals surface area contributed by atoms with Crippen molar-refractivity contribution in [3.05, 3.63) is 63.6 Å². The maximum atomic E-state index is 13.0. The fourth-order valence-electron chi connectivity index (χ4n) is 3.03. The van der Waals surface area contributed by atoms with E-state index in [-0.39, 0.29) is 22.0 Å². The van der Waals surface area contributed by atoms with Crippen LogP contribution in [0, 0.1) is 34.0 Å². The molecule has 6 heteroatoms. The van der Waals surface area contributed by atoms with Crippen LogP contribution in [0.2, 0.25) is 0 Å². The van der Waals surface area contributed by atoms with Crippen LogP contribution in [-0.4, -0.2) is 9.38 Å². The number of rotatable bonds is 0. The van der Waals surface area contributed by atoms with Crippen molar-refractivity contribution in [3.8, 4) is 18.2 Å². The number of benzene rings is 2.